The van der Waals surface area contributed by atoms with Crippen LogP contribution < -0.4 is 15.4 Å². The van der Waals surface area contributed by atoms with Gasteiger partial charge in [0.2, 0.25) is 0 Å². The molecule has 0 saturated carbocycles. The van der Waals surface area contributed by atoms with Crippen LogP contribution in [-0.4, -0.2) is 30.3 Å². The van der Waals surface area contributed by atoms with Gasteiger partial charge in [-0.05, 0) is 37.1 Å². The van der Waals surface area contributed by atoms with Crippen molar-refractivity contribution in [2.75, 3.05) is 12.4 Å². The van der Waals surface area contributed by atoms with Gasteiger partial charge in [0.15, 0.2) is 0 Å². The van der Waals surface area contributed by atoms with Crippen molar-refractivity contribution < 1.29 is 19.4 Å². The molecule has 1 aromatic carbocycles. The normalized spacial score (nSPS) is 11.6. The number of aliphatic carboxylic acids is 1. The zero-order valence-electron chi connectivity index (χ0n) is 12.6. The zero-order valence-corrected chi connectivity index (χ0v) is 12.6. The van der Waals surface area contributed by atoms with Crippen molar-refractivity contribution in [1.82, 2.24) is 5.32 Å². The predicted molar refractivity (Wildman–Crippen MR) is 80.8 cm³/mol. The third-order valence-corrected chi connectivity index (χ3v) is 3.13. The molecule has 21 heavy (non-hydrogen) atoms. The molecule has 0 saturated heterocycles. The topological polar surface area (TPSA) is 87.7 Å². The molecule has 0 aromatic heterocycles. The maximum absolute atomic E-state index is 11.9. The number of ether oxygens (including phenoxy) is 1. The van der Waals surface area contributed by atoms with Crippen LogP contribution in [0.5, 0.6) is 5.75 Å². The molecule has 0 aliphatic heterocycles. The molecular formula is C15H22N2O4. The van der Waals surface area contributed by atoms with E-state index in [4.69, 9.17) is 9.84 Å². The summed E-state index contributed by atoms with van der Waals surface area (Å²) in [6.45, 7) is 3.81. The van der Waals surface area contributed by atoms with Gasteiger partial charge in [0.05, 0.1) is 7.11 Å². The number of carboxylic acid groups (broad SMARTS) is 1. The smallest absolute Gasteiger partial charge is 0.326 e. The Bertz CT molecular complexity index is 502. The lowest BCUT2D eigenvalue weighted by Gasteiger charge is -2.16. The Hall–Kier alpha value is -2.24. The van der Waals surface area contributed by atoms with Gasteiger partial charge in [-0.2, -0.15) is 0 Å². The fourth-order valence-electron chi connectivity index (χ4n) is 1.89. The second-order valence-electron chi connectivity index (χ2n) is 4.81. The average molecular weight is 294 g/mol. The number of hydrogen-bond donors (Lipinski definition) is 3. The van der Waals surface area contributed by atoms with Crippen LogP contribution in [0.3, 0.4) is 0 Å². The molecule has 3 N–H and O–H groups in total. The summed E-state index contributed by atoms with van der Waals surface area (Å²) in [5.74, 6) is -0.324. The molecule has 6 nitrogen and oxygen atoms in total. The number of carboxylic acids is 1. The van der Waals surface area contributed by atoms with Gasteiger partial charge in [0.25, 0.3) is 0 Å². The van der Waals surface area contributed by atoms with Gasteiger partial charge in [-0.1, -0.05) is 19.8 Å². The molecule has 6 heteroatoms. The van der Waals surface area contributed by atoms with Crippen LogP contribution in [0.15, 0.2) is 18.2 Å². The Morgan fingerprint density at radius 2 is 2.10 bits per heavy atom. The number of amides is 2. The molecule has 1 rings (SSSR count). The Balaban J connectivity index is 2.65. The fraction of sp³-hybridized carbons (Fsp3) is 0.467. The summed E-state index contributed by atoms with van der Waals surface area (Å²) in [6.07, 6.45) is 2.05. The molecule has 0 aliphatic rings. The minimum absolute atomic E-state index is 0.418. The number of anilines is 1. The molecule has 0 spiro atoms. The Morgan fingerprint density at radius 3 is 2.62 bits per heavy atom. The summed E-state index contributed by atoms with van der Waals surface area (Å²) < 4.78 is 5.09. The first-order chi connectivity index (χ1) is 9.97. The number of methoxy groups -OCH3 is 1. The van der Waals surface area contributed by atoms with Gasteiger partial charge in [0, 0.05) is 5.69 Å². The van der Waals surface area contributed by atoms with E-state index in [-0.39, 0.29) is 0 Å². The third-order valence-electron chi connectivity index (χ3n) is 3.13. The summed E-state index contributed by atoms with van der Waals surface area (Å²) >= 11 is 0. The summed E-state index contributed by atoms with van der Waals surface area (Å²) in [6, 6.07) is 3.85. The molecule has 0 aliphatic carbocycles. The predicted octanol–water partition coefficient (Wildman–Crippen LogP) is 2.77. The van der Waals surface area contributed by atoms with E-state index in [9.17, 15) is 9.59 Å². The number of rotatable bonds is 7. The summed E-state index contributed by atoms with van der Waals surface area (Å²) in [5.41, 5.74) is 1.46. The number of urea groups is 1. The molecule has 0 heterocycles. The Morgan fingerprint density at radius 1 is 1.38 bits per heavy atom. The van der Waals surface area contributed by atoms with Gasteiger partial charge < -0.3 is 20.5 Å². The van der Waals surface area contributed by atoms with Gasteiger partial charge in [0.1, 0.15) is 11.8 Å². The molecule has 0 fully saturated rings. The molecule has 116 valence electrons. The van der Waals surface area contributed by atoms with Gasteiger partial charge >= 0.3 is 12.0 Å². The first kappa shape index (κ1) is 16.8. The van der Waals surface area contributed by atoms with E-state index in [0.717, 1.165) is 18.4 Å². The molecule has 0 unspecified atom stereocenters. The Labute approximate surface area is 124 Å². The molecule has 1 atom stereocenters. The van der Waals surface area contributed by atoms with Crippen LogP contribution >= 0.6 is 0 Å². The van der Waals surface area contributed by atoms with Crippen LogP contribution in [0.4, 0.5) is 10.5 Å². The van der Waals surface area contributed by atoms with E-state index >= 15 is 0 Å². The lowest BCUT2D eigenvalue weighted by molar-refractivity contribution is -0.139. The first-order valence-electron chi connectivity index (χ1n) is 6.92. The van der Waals surface area contributed by atoms with Crippen LogP contribution in [0.2, 0.25) is 0 Å². The zero-order chi connectivity index (χ0) is 15.8. The number of carbonyl (C=O) groups excluding carboxylic acids is 1. The average Bonchev–Trinajstić information content (AvgIpc) is 2.45. The maximum Gasteiger partial charge on any atom is 0.326 e. The number of carbonyl (C=O) groups is 2. The Kier molecular flexibility index (Phi) is 6.52. The van der Waals surface area contributed by atoms with Crippen LogP contribution in [0, 0.1) is 6.92 Å². The van der Waals surface area contributed by atoms with Crippen molar-refractivity contribution in [3.63, 3.8) is 0 Å². The fourth-order valence-corrected chi connectivity index (χ4v) is 1.89. The van der Waals surface area contributed by atoms with E-state index in [1.807, 2.05) is 13.8 Å². The van der Waals surface area contributed by atoms with Crippen molar-refractivity contribution in [2.24, 2.45) is 0 Å². The van der Waals surface area contributed by atoms with Crippen molar-refractivity contribution in [1.29, 1.82) is 0 Å². The van der Waals surface area contributed by atoms with Gasteiger partial charge in [-0.3, -0.25) is 0 Å². The van der Waals surface area contributed by atoms with Crippen molar-refractivity contribution >= 4 is 17.7 Å². The van der Waals surface area contributed by atoms with Crippen LogP contribution in [0.25, 0.3) is 0 Å². The summed E-state index contributed by atoms with van der Waals surface area (Å²) in [5, 5.41) is 14.2. The van der Waals surface area contributed by atoms with Crippen molar-refractivity contribution in [2.45, 2.75) is 39.2 Å². The van der Waals surface area contributed by atoms with E-state index < -0.39 is 18.0 Å². The minimum atomic E-state index is -1.02. The molecule has 2 amide bonds. The highest BCUT2D eigenvalue weighted by Crippen LogP contribution is 2.20. The quantitative estimate of drug-likeness (QED) is 0.721. The highest BCUT2D eigenvalue weighted by molar-refractivity contribution is 5.92. The standard InChI is InChI=1S/C15H22N2O4/c1-4-5-6-13(14(18)19)17-15(20)16-12-8-7-11(21-3)9-10(12)2/h7-9,13H,4-6H2,1-3H3,(H,18,19)(H2,16,17,20)/t13-/m0/s1. The van der Waals surface area contributed by atoms with Crippen molar-refractivity contribution in [3.8, 4) is 5.75 Å². The van der Waals surface area contributed by atoms with Gasteiger partial charge in [-0.25, -0.2) is 9.59 Å². The largest absolute Gasteiger partial charge is 0.497 e. The third kappa shape index (κ3) is 5.33. The summed E-state index contributed by atoms with van der Waals surface area (Å²) in [4.78, 5) is 23.0. The monoisotopic (exact) mass is 294 g/mol. The highest BCUT2D eigenvalue weighted by Gasteiger charge is 2.19. The lowest BCUT2D eigenvalue weighted by Crippen LogP contribution is -2.43. The van der Waals surface area contributed by atoms with Gasteiger partial charge in [-0.15, -0.1) is 0 Å². The number of aryl methyl sites for hydroxylation is 1. The van der Waals surface area contributed by atoms with Crippen molar-refractivity contribution in [3.05, 3.63) is 23.8 Å². The molecular weight excluding hydrogens is 272 g/mol. The number of nitrogens with one attached hydrogen (secondary N) is 2. The van der Waals surface area contributed by atoms with Crippen LogP contribution in [-0.2, 0) is 4.79 Å². The lowest BCUT2D eigenvalue weighted by atomic mass is 10.1. The number of benzene rings is 1. The second-order valence-corrected chi connectivity index (χ2v) is 4.81. The van der Waals surface area contributed by atoms with E-state index in [1.165, 1.54) is 0 Å². The van der Waals surface area contributed by atoms with Crippen LogP contribution in [0.1, 0.15) is 31.7 Å². The minimum Gasteiger partial charge on any atom is -0.497 e. The molecule has 0 radical (unpaired) electrons. The maximum atomic E-state index is 11.9. The summed E-state index contributed by atoms with van der Waals surface area (Å²) in [7, 11) is 1.57. The number of unbranched alkanes of at least 4 members (excludes halogenated alkanes) is 1. The molecule has 0 bridgehead atoms. The molecule has 1 aromatic rings. The number of hydrogen-bond acceptors (Lipinski definition) is 3. The SMILES string of the molecule is CCCC[C@H](NC(=O)Nc1ccc(OC)cc1C)C(=O)O. The first-order valence-corrected chi connectivity index (χ1v) is 6.92. The van der Waals surface area contributed by atoms with E-state index in [1.54, 1.807) is 25.3 Å². The second kappa shape index (κ2) is 8.14. The van der Waals surface area contributed by atoms with E-state index in [0.29, 0.717) is 17.9 Å². The van der Waals surface area contributed by atoms with E-state index in [2.05, 4.69) is 10.6 Å². The highest BCUT2D eigenvalue weighted by atomic mass is 16.5.